The average Bonchev–Trinajstić information content (AvgIpc) is 2.77. The molecule has 2 aromatic carbocycles. The van der Waals surface area contributed by atoms with Gasteiger partial charge in [-0.2, -0.15) is 0 Å². The predicted molar refractivity (Wildman–Crippen MR) is 109 cm³/mol. The Labute approximate surface area is 172 Å². The normalized spacial score (nSPS) is 10.6. The van der Waals surface area contributed by atoms with Gasteiger partial charge in [0.2, 0.25) is 28.4 Å². The second kappa shape index (κ2) is 8.32. The van der Waals surface area contributed by atoms with Crippen molar-refractivity contribution in [2.75, 3.05) is 42.7 Å². The summed E-state index contributed by atoms with van der Waals surface area (Å²) in [5.74, 6) is 0.474. The largest absolute Gasteiger partial charge is 0.501 e. The van der Waals surface area contributed by atoms with Gasteiger partial charge in [-0.25, -0.2) is 0 Å². The van der Waals surface area contributed by atoms with Crippen LogP contribution in [0.2, 0.25) is 0 Å². The monoisotopic (exact) mass is 418 g/mol. The summed E-state index contributed by atoms with van der Waals surface area (Å²) < 4.78 is 37.8. The first kappa shape index (κ1) is 21.0. The summed E-state index contributed by atoms with van der Waals surface area (Å²) in [6, 6.07) is 4.99. The van der Waals surface area contributed by atoms with Gasteiger partial charge in [-0.1, -0.05) is 0 Å². The summed E-state index contributed by atoms with van der Waals surface area (Å²) in [6.45, 7) is 0. The van der Waals surface area contributed by atoms with Crippen LogP contribution in [0.25, 0.3) is 22.3 Å². The van der Waals surface area contributed by atoms with Crippen LogP contribution in [0, 0.1) is 0 Å². The third-order valence-corrected chi connectivity index (χ3v) is 4.60. The van der Waals surface area contributed by atoms with Crippen molar-refractivity contribution in [2.24, 2.45) is 0 Å². The zero-order valence-corrected chi connectivity index (χ0v) is 17.4. The maximum atomic E-state index is 13.3. The Kier molecular flexibility index (Phi) is 5.81. The molecule has 0 aliphatic rings. The second-order valence-corrected chi connectivity index (χ2v) is 6.02. The fraction of sp³-hybridized carbons (Fsp3) is 0.286. The molecule has 0 atom stereocenters. The van der Waals surface area contributed by atoms with E-state index in [0.29, 0.717) is 17.1 Å². The molecule has 160 valence electrons. The molecular weight excluding hydrogens is 396 g/mol. The van der Waals surface area contributed by atoms with E-state index in [-0.39, 0.29) is 45.5 Å². The minimum atomic E-state index is -0.531. The minimum absolute atomic E-state index is 0.00304. The van der Waals surface area contributed by atoms with E-state index in [1.807, 2.05) is 0 Å². The first-order valence-electron chi connectivity index (χ1n) is 8.75. The Morgan fingerprint density at radius 1 is 0.733 bits per heavy atom. The van der Waals surface area contributed by atoms with Gasteiger partial charge >= 0.3 is 0 Å². The van der Waals surface area contributed by atoms with E-state index < -0.39 is 5.43 Å². The Balaban J connectivity index is 2.48. The van der Waals surface area contributed by atoms with Crippen LogP contribution in [0.1, 0.15) is 0 Å². The highest BCUT2D eigenvalue weighted by Crippen LogP contribution is 2.51. The number of aromatic hydroxyl groups is 1. The fourth-order valence-corrected chi connectivity index (χ4v) is 3.24. The van der Waals surface area contributed by atoms with Crippen LogP contribution in [0.3, 0.4) is 0 Å². The molecular formula is C21H22O9. The highest BCUT2D eigenvalue weighted by molar-refractivity contribution is 5.96. The lowest BCUT2D eigenvalue weighted by Crippen LogP contribution is -2.10. The summed E-state index contributed by atoms with van der Waals surface area (Å²) in [6.07, 6.45) is 0. The zero-order valence-electron chi connectivity index (χ0n) is 17.4. The second-order valence-electron chi connectivity index (χ2n) is 6.02. The molecule has 0 aliphatic heterocycles. The molecule has 0 bridgehead atoms. The number of fused-ring (bicyclic) bond motifs is 1. The van der Waals surface area contributed by atoms with Gasteiger partial charge in [0.1, 0.15) is 5.39 Å². The van der Waals surface area contributed by atoms with Gasteiger partial charge in [-0.15, -0.1) is 0 Å². The third-order valence-electron chi connectivity index (χ3n) is 4.60. The number of phenolic OH excluding ortho intramolecular Hbond substituents is 1. The molecule has 0 aliphatic carbocycles. The quantitative estimate of drug-likeness (QED) is 0.619. The molecule has 0 fully saturated rings. The number of hydrogen-bond acceptors (Lipinski definition) is 9. The summed E-state index contributed by atoms with van der Waals surface area (Å²) in [5.41, 5.74) is -0.0694. The van der Waals surface area contributed by atoms with Crippen LogP contribution in [0.4, 0.5) is 0 Å². The lowest BCUT2D eigenvalue weighted by Gasteiger charge is -2.17. The Morgan fingerprint density at radius 2 is 1.33 bits per heavy atom. The Morgan fingerprint density at radius 3 is 1.87 bits per heavy atom. The van der Waals surface area contributed by atoms with Crippen molar-refractivity contribution in [3.8, 4) is 51.6 Å². The number of methoxy groups -OCH3 is 6. The third kappa shape index (κ3) is 3.08. The maximum absolute atomic E-state index is 13.3. The van der Waals surface area contributed by atoms with Crippen LogP contribution in [-0.4, -0.2) is 47.8 Å². The van der Waals surface area contributed by atoms with Crippen molar-refractivity contribution in [3.63, 3.8) is 0 Å². The molecule has 0 amide bonds. The molecule has 1 aromatic heterocycles. The van der Waals surface area contributed by atoms with E-state index in [1.165, 1.54) is 42.7 Å². The van der Waals surface area contributed by atoms with E-state index in [1.54, 1.807) is 18.2 Å². The molecule has 30 heavy (non-hydrogen) atoms. The van der Waals surface area contributed by atoms with Crippen LogP contribution >= 0.6 is 0 Å². The zero-order chi connectivity index (χ0) is 22.0. The average molecular weight is 418 g/mol. The van der Waals surface area contributed by atoms with Crippen molar-refractivity contribution in [2.45, 2.75) is 0 Å². The predicted octanol–water partition coefficient (Wildman–Crippen LogP) is 3.22. The van der Waals surface area contributed by atoms with E-state index in [2.05, 4.69) is 0 Å². The Bertz CT molecular complexity index is 1150. The summed E-state index contributed by atoms with van der Waals surface area (Å²) >= 11 is 0. The van der Waals surface area contributed by atoms with Crippen molar-refractivity contribution in [1.82, 2.24) is 0 Å². The van der Waals surface area contributed by atoms with Gasteiger partial charge < -0.3 is 37.9 Å². The number of phenols is 1. The fourth-order valence-electron chi connectivity index (χ4n) is 3.24. The maximum Gasteiger partial charge on any atom is 0.239 e. The highest BCUT2D eigenvalue weighted by atomic mass is 16.5. The van der Waals surface area contributed by atoms with Crippen molar-refractivity contribution < 1.29 is 37.9 Å². The van der Waals surface area contributed by atoms with Gasteiger partial charge in [0.05, 0.1) is 42.7 Å². The molecule has 0 saturated heterocycles. The van der Waals surface area contributed by atoms with Gasteiger partial charge in [-0.05, 0) is 18.2 Å². The Hall–Kier alpha value is -3.75. The molecule has 3 aromatic rings. The SMILES string of the molecule is COc1ccc(-c2oc3c(OC)c(O)c(OC)c(OC)c3c(=O)c2OC)cc1OC. The van der Waals surface area contributed by atoms with Gasteiger partial charge in [0.15, 0.2) is 28.6 Å². The van der Waals surface area contributed by atoms with Gasteiger partial charge in [0.25, 0.3) is 0 Å². The molecule has 0 spiro atoms. The van der Waals surface area contributed by atoms with E-state index in [4.69, 9.17) is 32.8 Å². The topological polar surface area (TPSA) is 106 Å². The van der Waals surface area contributed by atoms with Crippen LogP contribution < -0.4 is 33.8 Å². The summed E-state index contributed by atoms with van der Waals surface area (Å²) in [4.78, 5) is 13.3. The number of benzene rings is 2. The number of rotatable bonds is 7. The first-order valence-corrected chi connectivity index (χ1v) is 8.75. The van der Waals surface area contributed by atoms with Crippen molar-refractivity contribution in [1.29, 1.82) is 0 Å². The molecule has 0 unspecified atom stereocenters. The van der Waals surface area contributed by atoms with Crippen LogP contribution in [0.15, 0.2) is 27.4 Å². The first-order chi connectivity index (χ1) is 14.5. The molecule has 3 rings (SSSR count). The van der Waals surface area contributed by atoms with Gasteiger partial charge in [-0.3, -0.25) is 4.79 Å². The van der Waals surface area contributed by atoms with Crippen molar-refractivity contribution >= 4 is 11.0 Å². The highest BCUT2D eigenvalue weighted by Gasteiger charge is 2.29. The van der Waals surface area contributed by atoms with Crippen LogP contribution in [0.5, 0.6) is 40.2 Å². The standard InChI is InChI=1S/C21H22O9/c1-24-11-8-7-10(9-12(11)25-2)16-19(27-4)14(22)13-17(26-3)20(28-5)15(23)21(29-6)18(13)30-16/h7-9,23H,1-6H3. The van der Waals surface area contributed by atoms with Gasteiger partial charge in [0, 0.05) is 5.56 Å². The lowest BCUT2D eigenvalue weighted by atomic mass is 10.1. The summed E-state index contributed by atoms with van der Waals surface area (Å²) in [7, 11) is 8.37. The molecule has 1 N–H and O–H groups in total. The molecule has 0 saturated carbocycles. The summed E-state index contributed by atoms with van der Waals surface area (Å²) in [5, 5.41) is 10.6. The number of hydrogen-bond donors (Lipinski definition) is 1. The molecule has 9 heteroatoms. The van der Waals surface area contributed by atoms with E-state index in [9.17, 15) is 9.90 Å². The number of ether oxygens (including phenoxy) is 6. The van der Waals surface area contributed by atoms with Crippen LogP contribution in [-0.2, 0) is 0 Å². The minimum Gasteiger partial charge on any atom is -0.501 e. The van der Waals surface area contributed by atoms with E-state index >= 15 is 0 Å². The molecule has 0 radical (unpaired) electrons. The molecule has 1 heterocycles. The van der Waals surface area contributed by atoms with Crippen molar-refractivity contribution in [3.05, 3.63) is 28.4 Å². The lowest BCUT2D eigenvalue weighted by molar-refractivity contribution is 0.316. The van der Waals surface area contributed by atoms with E-state index in [0.717, 1.165) is 0 Å². The molecule has 9 nitrogen and oxygen atoms in total. The smallest absolute Gasteiger partial charge is 0.239 e.